The zero-order valence-corrected chi connectivity index (χ0v) is 12.9. The summed E-state index contributed by atoms with van der Waals surface area (Å²) in [5, 5.41) is 3.43. The van der Waals surface area contributed by atoms with Crippen molar-refractivity contribution >= 4 is 15.9 Å². The van der Waals surface area contributed by atoms with Gasteiger partial charge < -0.3 is 5.32 Å². The van der Waals surface area contributed by atoms with E-state index in [0.29, 0.717) is 6.04 Å². The Kier molecular flexibility index (Phi) is 3.95. The Hall–Kier alpha value is -0.410. The highest BCUT2D eigenvalue weighted by Crippen LogP contribution is 2.57. The van der Waals surface area contributed by atoms with Gasteiger partial charge in [0.2, 0.25) is 0 Å². The molecule has 0 spiro atoms. The lowest BCUT2D eigenvalue weighted by molar-refractivity contribution is 0.451. The maximum atomic E-state index is 13.9. The average molecular weight is 326 g/mol. The number of hydrogen-bond acceptors (Lipinski definition) is 1. The third kappa shape index (κ3) is 2.73. The van der Waals surface area contributed by atoms with Crippen LogP contribution in [-0.4, -0.2) is 13.1 Å². The first kappa shape index (κ1) is 13.6. The summed E-state index contributed by atoms with van der Waals surface area (Å²) in [6, 6.07) is 5.85. The molecule has 1 aromatic carbocycles. The summed E-state index contributed by atoms with van der Waals surface area (Å²) in [4.78, 5) is 0. The van der Waals surface area contributed by atoms with Gasteiger partial charge in [0.15, 0.2) is 0 Å². The molecule has 0 amide bonds. The summed E-state index contributed by atoms with van der Waals surface area (Å²) in [7, 11) is 2.02. The number of hydrogen-bond donors (Lipinski definition) is 1. The average Bonchev–Trinajstić information content (AvgIpc) is 3.12. The molecule has 104 valence electrons. The van der Waals surface area contributed by atoms with Gasteiger partial charge >= 0.3 is 0 Å². The minimum Gasteiger partial charge on any atom is -0.316 e. The molecule has 2 saturated carbocycles. The Morgan fingerprint density at radius 3 is 2.58 bits per heavy atom. The molecule has 0 radical (unpaired) electrons. The maximum absolute atomic E-state index is 13.9. The normalized spacial score (nSPS) is 30.8. The van der Waals surface area contributed by atoms with Crippen LogP contribution in [0.4, 0.5) is 4.39 Å². The first-order chi connectivity index (χ1) is 9.20. The predicted molar refractivity (Wildman–Crippen MR) is 79.6 cm³/mol. The Morgan fingerprint density at radius 1 is 1.32 bits per heavy atom. The van der Waals surface area contributed by atoms with Gasteiger partial charge in [-0.1, -0.05) is 34.8 Å². The van der Waals surface area contributed by atoms with Gasteiger partial charge in [0.05, 0.1) is 0 Å². The van der Waals surface area contributed by atoms with Crippen LogP contribution in [0.1, 0.15) is 31.2 Å². The lowest BCUT2D eigenvalue weighted by atomic mass is 9.99. The van der Waals surface area contributed by atoms with Crippen LogP contribution in [-0.2, 0) is 6.42 Å². The molecule has 0 heterocycles. The lowest BCUT2D eigenvalue weighted by Gasteiger charge is -2.17. The highest BCUT2D eigenvalue weighted by Gasteiger charge is 2.53. The van der Waals surface area contributed by atoms with Crippen molar-refractivity contribution in [1.29, 1.82) is 0 Å². The van der Waals surface area contributed by atoms with E-state index in [1.54, 1.807) is 6.07 Å². The van der Waals surface area contributed by atoms with Gasteiger partial charge in [0.25, 0.3) is 0 Å². The standard InChI is InChI=1S/C16H21BrFN/c1-19-15(16-12-4-2-3-5-13(12)16)8-10-6-7-11(17)9-14(10)18/h6-7,9,12-13,15-16,19H,2-5,8H2,1H3. The third-order valence-corrected chi connectivity index (χ3v) is 5.51. The minimum absolute atomic E-state index is 0.0850. The van der Waals surface area contributed by atoms with E-state index in [9.17, 15) is 4.39 Å². The molecule has 3 atom stereocenters. The molecular formula is C16H21BrFN. The van der Waals surface area contributed by atoms with Gasteiger partial charge in [-0.2, -0.15) is 0 Å². The summed E-state index contributed by atoms with van der Waals surface area (Å²) in [6.07, 6.45) is 6.36. The van der Waals surface area contributed by atoms with Crippen LogP contribution in [0.15, 0.2) is 22.7 Å². The van der Waals surface area contributed by atoms with E-state index < -0.39 is 0 Å². The van der Waals surface area contributed by atoms with Gasteiger partial charge in [0.1, 0.15) is 5.82 Å². The molecule has 2 aliphatic rings. The molecule has 0 aromatic heterocycles. The van der Waals surface area contributed by atoms with Crippen LogP contribution in [0.25, 0.3) is 0 Å². The molecule has 19 heavy (non-hydrogen) atoms. The Morgan fingerprint density at radius 2 is 2.00 bits per heavy atom. The second kappa shape index (κ2) is 5.53. The van der Waals surface area contributed by atoms with Crippen LogP contribution >= 0.6 is 15.9 Å². The largest absolute Gasteiger partial charge is 0.316 e. The van der Waals surface area contributed by atoms with E-state index in [-0.39, 0.29) is 5.82 Å². The van der Waals surface area contributed by atoms with Crippen LogP contribution in [0, 0.1) is 23.6 Å². The van der Waals surface area contributed by atoms with E-state index >= 15 is 0 Å². The molecule has 3 unspecified atom stereocenters. The van der Waals surface area contributed by atoms with Crippen molar-refractivity contribution in [3.05, 3.63) is 34.1 Å². The second-order valence-electron chi connectivity index (χ2n) is 6.02. The smallest absolute Gasteiger partial charge is 0.127 e. The van der Waals surface area contributed by atoms with E-state index in [1.807, 2.05) is 19.2 Å². The number of fused-ring (bicyclic) bond motifs is 1. The molecule has 0 saturated heterocycles. The van der Waals surface area contributed by atoms with Crippen LogP contribution in [0.5, 0.6) is 0 Å². The molecule has 0 bridgehead atoms. The summed E-state index contributed by atoms with van der Waals surface area (Å²) in [5.41, 5.74) is 0.839. The topological polar surface area (TPSA) is 12.0 Å². The monoisotopic (exact) mass is 325 g/mol. The highest BCUT2D eigenvalue weighted by molar-refractivity contribution is 9.10. The van der Waals surface area contributed by atoms with Crippen molar-refractivity contribution in [1.82, 2.24) is 5.32 Å². The van der Waals surface area contributed by atoms with Gasteiger partial charge in [-0.25, -0.2) is 4.39 Å². The van der Waals surface area contributed by atoms with Crippen LogP contribution < -0.4 is 5.32 Å². The zero-order valence-electron chi connectivity index (χ0n) is 11.3. The van der Waals surface area contributed by atoms with Crippen molar-refractivity contribution in [2.45, 2.75) is 38.1 Å². The lowest BCUT2D eigenvalue weighted by Crippen LogP contribution is -2.31. The van der Waals surface area contributed by atoms with Crippen molar-refractivity contribution in [3.8, 4) is 0 Å². The summed E-state index contributed by atoms with van der Waals surface area (Å²) in [6.45, 7) is 0. The van der Waals surface area contributed by atoms with E-state index in [2.05, 4.69) is 21.2 Å². The number of rotatable bonds is 4. The zero-order chi connectivity index (χ0) is 13.4. The molecule has 3 heteroatoms. The maximum Gasteiger partial charge on any atom is 0.127 e. The molecule has 0 aliphatic heterocycles. The number of halogens is 2. The summed E-state index contributed by atoms with van der Waals surface area (Å²) >= 11 is 3.31. The van der Waals surface area contributed by atoms with E-state index in [4.69, 9.17) is 0 Å². The summed E-state index contributed by atoms with van der Waals surface area (Å²) < 4.78 is 14.8. The van der Waals surface area contributed by atoms with Gasteiger partial charge in [-0.05, 0) is 61.8 Å². The highest BCUT2D eigenvalue weighted by atomic mass is 79.9. The second-order valence-corrected chi connectivity index (χ2v) is 6.94. The van der Waals surface area contributed by atoms with Gasteiger partial charge in [-0.3, -0.25) is 0 Å². The third-order valence-electron chi connectivity index (χ3n) is 5.01. The first-order valence-corrected chi connectivity index (χ1v) is 8.11. The molecule has 1 nitrogen and oxygen atoms in total. The molecule has 1 N–H and O–H groups in total. The molecule has 2 aliphatic carbocycles. The molecule has 1 aromatic rings. The van der Waals surface area contributed by atoms with Crippen LogP contribution in [0.3, 0.4) is 0 Å². The number of likely N-dealkylation sites (N-methyl/N-ethyl adjacent to an activating group) is 1. The van der Waals surface area contributed by atoms with E-state index in [0.717, 1.165) is 34.2 Å². The fourth-order valence-corrected chi connectivity index (χ4v) is 4.33. The van der Waals surface area contributed by atoms with E-state index in [1.165, 1.54) is 25.7 Å². The quantitative estimate of drug-likeness (QED) is 0.876. The van der Waals surface area contributed by atoms with Crippen molar-refractivity contribution < 1.29 is 4.39 Å². The minimum atomic E-state index is -0.0850. The van der Waals surface area contributed by atoms with Crippen molar-refractivity contribution in [3.63, 3.8) is 0 Å². The molecule has 2 fully saturated rings. The number of nitrogens with one attached hydrogen (secondary N) is 1. The fraction of sp³-hybridized carbons (Fsp3) is 0.625. The first-order valence-electron chi connectivity index (χ1n) is 7.32. The Balaban J connectivity index is 1.70. The summed E-state index contributed by atoms with van der Waals surface area (Å²) in [5.74, 6) is 2.50. The van der Waals surface area contributed by atoms with Crippen molar-refractivity contribution in [2.24, 2.45) is 17.8 Å². The van der Waals surface area contributed by atoms with Gasteiger partial charge in [0, 0.05) is 10.5 Å². The fourth-order valence-electron chi connectivity index (χ4n) is 4.00. The van der Waals surface area contributed by atoms with Crippen molar-refractivity contribution in [2.75, 3.05) is 7.05 Å². The number of benzene rings is 1. The Labute approximate surface area is 123 Å². The Bertz CT molecular complexity index is 450. The van der Waals surface area contributed by atoms with Crippen LogP contribution in [0.2, 0.25) is 0 Å². The SMILES string of the molecule is CNC(Cc1ccc(Br)cc1F)C1C2CCCCC21. The predicted octanol–water partition coefficient (Wildman–Crippen LogP) is 4.15. The molecular weight excluding hydrogens is 305 g/mol. The molecule has 3 rings (SSSR count). The van der Waals surface area contributed by atoms with Gasteiger partial charge in [-0.15, -0.1) is 0 Å².